The Bertz CT molecular complexity index is 697. The van der Waals surface area contributed by atoms with Crippen molar-refractivity contribution >= 4 is 5.57 Å². The molecule has 2 aliphatic rings. The second-order valence-electron chi connectivity index (χ2n) is 6.17. The van der Waals surface area contributed by atoms with Crippen LogP contribution in [0.2, 0.25) is 0 Å². The molecule has 0 amide bonds. The van der Waals surface area contributed by atoms with Gasteiger partial charge in [0.25, 0.3) is 0 Å². The first kappa shape index (κ1) is 12.9. The summed E-state index contributed by atoms with van der Waals surface area (Å²) in [5.41, 5.74) is 4.14. The van der Waals surface area contributed by atoms with Crippen LogP contribution in [-0.4, -0.2) is 34.6 Å². The third-order valence-corrected chi connectivity index (χ3v) is 4.66. The fourth-order valence-electron chi connectivity index (χ4n) is 3.51. The minimum atomic E-state index is 0.948. The molecule has 2 aliphatic heterocycles. The molecule has 4 rings (SSSR count). The molecule has 0 saturated carbocycles. The minimum Gasteiger partial charge on any atom is -0.466 e. The van der Waals surface area contributed by atoms with E-state index in [0.717, 1.165) is 56.2 Å². The van der Waals surface area contributed by atoms with E-state index in [1.165, 1.54) is 16.7 Å². The average molecular weight is 283 g/mol. The summed E-state index contributed by atoms with van der Waals surface area (Å²) >= 11 is 0. The van der Waals surface area contributed by atoms with Gasteiger partial charge in [-0.25, -0.2) is 4.98 Å². The van der Waals surface area contributed by atoms with Gasteiger partial charge in [0.2, 0.25) is 0 Å². The Balaban J connectivity index is 1.91. The molecule has 110 valence electrons. The first-order chi connectivity index (χ1) is 10.2. The topological polar surface area (TPSA) is 34.2 Å². The van der Waals surface area contributed by atoms with Crippen LogP contribution in [-0.2, 0) is 13.0 Å². The zero-order valence-electron chi connectivity index (χ0n) is 12.7. The predicted molar refractivity (Wildman–Crippen MR) is 82.1 cm³/mol. The van der Waals surface area contributed by atoms with Gasteiger partial charge in [-0.2, -0.15) is 0 Å². The van der Waals surface area contributed by atoms with E-state index in [1.807, 2.05) is 13.1 Å². The molecular weight excluding hydrogens is 262 g/mol. The zero-order valence-corrected chi connectivity index (χ0v) is 12.7. The summed E-state index contributed by atoms with van der Waals surface area (Å²) in [4.78, 5) is 7.05. The van der Waals surface area contributed by atoms with Gasteiger partial charge in [0.05, 0.1) is 0 Å². The van der Waals surface area contributed by atoms with E-state index in [2.05, 4.69) is 33.8 Å². The van der Waals surface area contributed by atoms with Crippen LogP contribution in [0.15, 0.2) is 28.5 Å². The van der Waals surface area contributed by atoms with Crippen molar-refractivity contribution in [3.63, 3.8) is 0 Å². The van der Waals surface area contributed by atoms with Gasteiger partial charge in [0, 0.05) is 49.6 Å². The number of piperidine rings is 1. The summed E-state index contributed by atoms with van der Waals surface area (Å²) < 4.78 is 8.21. The molecule has 1 fully saturated rings. The van der Waals surface area contributed by atoms with Gasteiger partial charge in [0.1, 0.15) is 17.3 Å². The van der Waals surface area contributed by atoms with Crippen LogP contribution in [0.1, 0.15) is 35.7 Å². The number of rotatable bonds is 0. The van der Waals surface area contributed by atoms with E-state index in [-0.39, 0.29) is 0 Å². The zero-order chi connectivity index (χ0) is 14.4. The normalized spacial score (nSPS) is 19.3. The molecule has 0 radical (unpaired) electrons. The largest absolute Gasteiger partial charge is 0.466 e. The number of fused-ring (bicyclic) bond motifs is 2. The summed E-state index contributed by atoms with van der Waals surface area (Å²) in [6.07, 6.45) is 7.21. The Hall–Kier alpha value is -1.81. The second-order valence-corrected chi connectivity index (χ2v) is 6.17. The Morgan fingerprint density at radius 2 is 1.95 bits per heavy atom. The van der Waals surface area contributed by atoms with Gasteiger partial charge >= 0.3 is 0 Å². The van der Waals surface area contributed by atoms with Crippen molar-refractivity contribution in [2.75, 3.05) is 20.1 Å². The molecule has 4 nitrogen and oxygen atoms in total. The fraction of sp³-hybridized carbons (Fsp3) is 0.471. The molecule has 0 bridgehead atoms. The van der Waals surface area contributed by atoms with Crippen molar-refractivity contribution in [2.45, 2.75) is 32.7 Å². The van der Waals surface area contributed by atoms with Crippen molar-refractivity contribution in [1.29, 1.82) is 0 Å². The smallest absolute Gasteiger partial charge is 0.140 e. The third-order valence-electron chi connectivity index (χ3n) is 4.66. The SMILES string of the molecule is Cc1cc2c(o1)CCn1ccnc1C2=C1CCN(C)CC1. The number of furan rings is 1. The number of aromatic nitrogens is 2. The lowest BCUT2D eigenvalue weighted by Crippen LogP contribution is -2.27. The highest BCUT2D eigenvalue weighted by Gasteiger charge is 2.26. The predicted octanol–water partition coefficient (Wildman–Crippen LogP) is 2.87. The molecular formula is C17H21N3O. The van der Waals surface area contributed by atoms with Crippen LogP contribution in [0.4, 0.5) is 0 Å². The molecule has 1 saturated heterocycles. The van der Waals surface area contributed by atoms with E-state index in [4.69, 9.17) is 4.42 Å². The lowest BCUT2D eigenvalue weighted by Gasteiger charge is -2.26. The molecule has 4 heteroatoms. The lowest BCUT2D eigenvalue weighted by atomic mass is 9.92. The first-order valence-corrected chi connectivity index (χ1v) is 7.74. The molecule has 0 unspecified atom stereocenters. The third kappa shape index (κ3) is 2.14. The number of nitrogens with zero attached hydrogens (tertiary/aromatic N) is 3. The lowest BCUT2D eigenvalue weighted by molar-refractivity contribution is 0.313. The maximum Gasteiger partial charge on any atom is 0.140 e. The number of hydrogen-bond acceptors (Lipinski definition) is 3. The first-order valence-electron chi connectivity index (χ1n) is 7.74. The maximum atomic E-state index is 5.94. The van der Waals surface area contributed by atoms with Gasteiger partial charge in [-0.1, -0.05) is 5.57 Å². The molecule has 21 heavy (non-hydrogen) atoms. The standard InChI is InChI=1S/C17H21N3O/c1-12-11-14-15(21-12)5-9-20-10-6-18-17(20)16(14)13-3-7-19(2)8-4-13/h6,10-11H,3-5,7-9H2,1-2H3. The van der Waals surface area contributed by atoms with E-state index in [1.54, 1.807) is 0 Å². The van der Waals surface area contributed by atoms with Gasteiger partial charge in [-0.05, 0) is 32.9 Å². The summed E-state index contributed by atoms with van der Waals surface area (Å²) in [6, 6.07) is 2.19. The number of likely N-dealkylation sites (tertiary alicyclic amines) is 1. The Morgan fingerprint density at radius 3 is 2.76 bits per heavy atom. The molecule has 2 aromatic heterocycles. The van der Waals surface area contributed by atoms with Crippen LogP contribution in [0.5, 0.6) is 0 Å². The summed E-state index contributed by atoms with van der Waals surface area (Å²) in [5.74, 6) is 3.25. The van der Waals surface area contributed by atoms with Crippen LogP contribution in [0.25, 0.3) is 5.57 Å². The van der Waals surface area contributed by atoms with Gasteiger partial charge in [-0.15, -0.1) is 0 Å². The average Bonchev–Trinajstić information content (AvgIpc) is 3.04. The Labute approximate surface area is 125 Å². The van der Waals surface area contributed by atoms with Crippen molar-refractivity contribution < 1.29 is 4.42 Å². The molecule has 0 N–H and O–H groups in total. The van der Waals surface area contributed by atoms with Crippen LogP contribution >= 0.6 is 0 Å². The van der Waals surface area contributed by atoms with Crippen LogP contribution in [0, 0.1) is 6.92 Å². The Morgan fingerprint density at radius 1 is 1.14 bits per heavy atom. The van der Waals surface area contributed by atoms with Crippen LogP contribution in [0.3, 0.4) is 0 Å². The molecule has 0 spiro atoms. The van der Waals surface area contributed by atoms with Crippen molar-refractivity contribution in [2.24, 2.45) is 0 Å². The monoisotopic (exact) mass is 283 g/mol. The van der Waals surface area contributed by atoms with Gasteiger partial charge in [-0.3, -0.25) is 0 Å². The Kier molecular flexibility index (Phi) is 3.00. The van der Waals surface area contributed by atoms with E-state index in [9.17, 15) is 0 Å². The molecule has 0 aromatic carbocycles. The second kappa shape index (κ2) is 4.88. The molecule has 2 aromatic rings. The highest BCUT2D eigenvalue weighted by atomic mass is 16.3. The maximum absolute atomic E-state index is 5.94. The van der Waals surface area contributed by atoms with E-state index < -0.39 is 0 Å². The van der Waals surface area contributed by atoms with Crippen molar-refractivity contribution in [3.8, 4) is 0 Å². The quantitative estimate of drug-likeness (QED) is 0.745. The summed E-state index contributed by atoms with van der Waals surface area (Å²) in [5, 5.41) is 0. The highest BCUT2D eigenvalue weighted by Crippen LogP contribution is 2.36. The van der Waals surface area contributed by atoms with Gasteiger partial charge < -0.3 is 13.9 Å². The highest BCUT2D eigenvalue weighted by molar-refractivity contribution is 5.81. The molecule has 0 aliphatic carbocycles. The summed E-state index contributed by atoms with van der Waals surface area (Å²) in [6.45, 7) is 5.25. The van der Waals surface area contributed by atoms with Gasteiger partial charge in [0.15, 0.2) is 0 Å². The van der Waals surface area contributed by atoms with Crippen molar-refractivity contribution in [1.82, 2.24) is 14.5 Å². The fourth-order valence-corrected chi connectivity index (χ4v) is 3.51. The minimum absolute atomic E-state index is 0.948. The summed E-state index contributed by atoms with van der Waals surface area (Å²) in [7, 11) is 2.20. The van der Waals surface area contributed by atoms with E-state index in [0.29, 0.717) is 0 Å². The van der Waals surface area contributed by atoms with E-state index >= 15 is 0 Å². The van der Waals surface area contributed by atoms with Crippen molar-refractivity contribution in [3.05, 3.63) is 46.9 Å². The molecule has 0 atom stereocenters. The number of imidazole rings is 1. The molecule has 4 heterocycles. The van der Waals surface area contributed by atoms with Crippen LogP contribution < -0.4 is 0 Å². The number of aryl methyl sites for hydroxylation is 3. The number of hydrogen-bond donors (Lipinski definition) is 0.